The Bertz CT molecular complexity index is 809. The molecule has 0 aliphatic carbocycles. The molecule has 2 aromatic carbocycles. The summed E-state index contributed by atoms with van der Waals surface area (Å²) in [4.78, 5) is 26.3. The molecule has 2 rings (SSSR count). The van der Waals surface area contributed by atoms with Crippen molar-refractivity contribution in [3.05, 3.63) is 52.5 Å². The molecule has 2 N–H and O–H groups in total. The van der Waals surface area contributed by atoms with Crippen LogP contribution in [0, 0.1) is 0 Å². The number of carbonyl (C=O) groups is 2. The SMILES string of the molecule is COc1cccc(NC(=O)CN(C)[C@@H](C)C(=O)Nc2cc(Cl)cc(Cl)c2)c1. The van der Waals surface area contributed by atoms with Gasteiger partial charge in [-0.3, -0.25) is 14.5 Å². The molecule has 0 fully saturated rings. The van der Waals surface area contributed by atoms with Gasteiger partial charge in [0.1, 0.15) is 5.75 Å². The molecule has 0 spiro atoms. The van der Waals surface area contributed by atoms with Crippen molar-refractivity contribution >= 4 is 46.4 Å². The number of amides is 2. The average molecular weight is 410 g/mol. The summed E-state index contributed by atoms with van der Waals surface area (Å²) < 4.78 is 5.13. The second-order valence-corrected chi connectivity index (χ2v) is 6.89. The van der Waals surface area contributed by atoms with Crippen molar-refractivity contribution in [1.82, 2.24) is 4.90 Å². The molecule has 2 amide bonds. The molecule has 0 unspecified atom stereocenters. The standard InChI is InChI=1S/C19H21Cl2N3O3/c1-12(19(26)23-16-8-13(20)7-14(21)9-16)24(2)11-18(25)22-15-5-4-6-17(10-15)27-3/h4-10,12H,11H2,1-3H3,(H,22,25)(H,23,26)/t12-/m0/s1. The highest BCUT2D eigenvalue weighted by Crippen LogP contribution is 2.22. The lowest BCUT2D eigenvalue weighted by molar-refractivity contribution is -0.122. The van der Waals surface area contributed by atoms with E-state index in [-0.39, 0.29) is 18.4 Å². The van der Waals surface area contributed by atoms with Crippen LogP contribution in [-0.4, -0.2) is 43.5 Å². The van der Waals surface area contributed by atoms with Crippen molar-refractivity contribution in [1.29, 1.82) is 0 Å². The third-order valence-corrected chi connectivity index (χ3v) is 4.35. The number of hydrogen-bond acceptors (Lipinski definition) is 4. The minimum Gasteiger partial charge on any atom is -0.497 e. The fourth-order valence-electron chi connectivity index (χ4n) is 2.34. The molecule has 0 aliphatic rings. The Kier molecular flexibility index (Phi) is 7.47. The van der Waals surface area contributed by atoms with Crippen molar-refractivity contribution < 1.29 is 14.3 Å². The number of halogens is 2. The van der Waals surface area contributed by atoms with Crippen LogP contribution in [0.1, 0.15) is 6.92 Å². The lowest BCUT2D eigenvalue weighted by Gasteiger charge is -2.23. The van der Waals surface area contributed by atoms with Gasteiger partial charge in [0.05, 0.1) is 19.7 Å². The molecular formula is C19H21Cl2N3O3. The maximum Gasteiger partial charge on any atom is 0.241 e. The van der Waals surface area contributed by atoms with Gasteiger partial charge >= 0.3 is 0 Å². The van der Waals surface area contributed by atoms with Gasteiger partial charge < -0.3 is 15.4 Å². The zero-order valence-electron chi connectivity index (χ0n) is 15.3. The van der Waals surface area contributed by atoms with Crippen molar-refractivity contribution in [2.24, 2.45) is 0 Å². The molecule has 6 nitrogen and oxygen atoms in total. The first-order valence-electron chi connectivity index (χ1n) is 8.19. The van der Waals surface area contributed by atoms with Gasteiger partial charge in [0.2, 0.25) is 11.8 Å². The summed E-state index contributed by atoms with van der Waals surface area (Å²) in [6.45, 7) is 1.75. The topological polar surface area (TPSA) is 70.7 Å². The van der Waals surface area contributed by atoms with E-state index in [9.17, 15) is 9.59 Å². The number of methoxy groups -OCH3 is 1. The van der Waals surface area contributed by atoms with Crippen molar-refractivity contribution in [2.75, 3.05) is 31.3 Å². The van der Waals surface area contributed by atoms with Crippen LogP contribution in [0.2, 0.25) is 10.0 Å². The number of ether oxygens (including phenoxy) is 1. The second kappa shape index (κ2) is 9.60. The second-order valence-electron chi connectivity index (χ2n) is 6.02. The van der Waals surface area contributed by atoms with E-state index >= 15 is 0 Å². The van der Waals surface area contributed by atoms with E-state index in [1.165, 1.54) is 0 Å². The van der Waals surface area contributed by atoms with Crippen molar-refractivity contribution in [2.45, 2.75) is 13.0 Å². The van der Waals surface area contributed by atoms with Crippen LogP contribution >= 0.6 is 23.2 Å². The summed E-state index contributed by atoms with van der Waals surface area (Å²) in [5.41, 5.74) is 1.12. The smallest absolute Gasteiger partial charge is 0.241 e. The molecule has 0 aliphatic heterocycles. The monoisotopic (exact) mass is 409 g/mol. The van der Waals surface area contributed by atoms with Gasteiger partial charge in [-0.15, -0.1) is 0 Å². The van der Waals surface area contributed by atoms with Gasteiger partial charge in [0.25, 0.3) is 0 Å². The lowest BCUT2D eigenvalue weighted by atomic mass is 10.2. The van der Waals surface area contributed by atoms with E-state index in [1.54, 1.807) is 68.4 Å². The van der Waals surface area contributed by atoms with E-state index in [4.69, 9.17) is 27.9 Å². The zero-order chi connectivity index (χ0) is 20.0. The number of rotatable bonds is 7. The largest absolute Gasteiger partial charge is 0.497 e. The normalized spacial score (nSPS) is 11.8. The third-order valence-electron chi connectivity index (χ3n) is 3.92. The number of carbonyl (C=O) groups excluding carboxylic acids is 2. The van der Waals surface area contributed by atoms with Crippen molar-refractivity contribution in [3.63, 3.8) is 0 Å². The Morgan fingerprint density at radius 3 is 2.37 bits per heavy atom. The van der Waals surface area contributed by atoms with Gasteiger partial charge in [-0.05, 0) is 44.3 Å². The number of anilines is 2. The quantitative estimate of drug-likeness (QED) is 0.727. The Hall–Kier alpha value is -2.28. The molecule has 0 saturated heterocycles. The molecular weight excluding hydrogens is 389 g/mol. The highest BCUT2D eigenvalue weighted by Gasteiger charge is 2.20. The van der Waals surface area contributed by atoms with Crippen LogP contribution in [-0.2, 0) is 9.59 Å². The Balaban J connectivity index is 1.92. The van der Waals surface area contributed by atoms with Crippen LogP contribution in [0.3, 0.4) is 0 Å². The van der Waals surface area contributed by atoms with Gasteiger partial charge in [-0.2, -0.15) is 0 Å². The Labute approximate surface area is 168 Å². The minimum atomic E-state index is -0.543. The summed E-state index contributed by atoms with van der Waals surface area (Å²) in [6.07, 6.45) is 0. The lowest BCUT2D eigenvalue weighted by Crippen LogP contribution is -2.43. The van der Waals surface area contributed by atoms with E-state index in [1.807, 2.05) is 0 Å². The fourth-order valence-corrected chi connectivity index (χ4v) is 2.86. The Morgan fingerprint density at radius 2 is 1.74 bits per heavy atom. The predicted octanol–water partition coefficient (Wildman–Crippen LogP) is 3.90. The Morgan fingerprint density at radius 1 is 1.07 bits per heavy atom. The molecule has 0 saturated carbocycles. The number of nitrogens with zero attached hydrogens (tertiary/aromatic N) is 1. The molecule has 0 bridgehead atoms. The minimum absolute atomic E-state index is 0.0437. The van der Waals surface area contributed by atoms with E-state index in [2.05, 4.69) is 10.6 Å². The highest BCUT2D eigenvalue weighted by molar-refractivity contribution is 6.35. The van der Waals surface area contributed by atoms with Crippen LogP contribution in [0.25, 0.3) is 0 Å². The molecule has 0 radical (unpaired) electrons. The molecule has 0 aromatic heterocycles. The summed E-state index contributed by atoms with van der Waals surface area (Å²) in [6, 6.07) is 11.3. The summed E-state index contributed by atoms with van der Waals surface area (Å²) in [7, 11) is 3.25. The first-order chi connectivity index (χ1) is 12.8. The summed E-state index contributed by atoms with van der Waals surface area (Å²) in [5.74, 6) is 0.135. The zero-order valence-corrected chi connectivity index (χ0v) is 16.8. The van der Waals surface area contributed by atoms with Gasteiger partial charge in [-0.25, -0.2) is 0 Å². The van der Waals surface area contributed by atoms with Crippen LogP contribution in [0.15, 0.2) is 42.5 Å². The molecule has 1 atom stereocenters. The predicted molar refractivity (Wildman–Crippen MR) is 109 cm³/mol. The molecule has 144 valence electrons. The first kappa shape index (κ1) is 21.0. The number of likely N-dealkylation sites (N-methyl/N-ethyl adjacent to an activating group) is 1. The maximum absolute atomic E-state index is 12.4. The van der Waals surface area contributed by atoms with E-state index in [0.29, 0.717) is 27.2 Å². The number of hydrogen-bond donors (Lipinski definition) is 2. The van der Waals surface area contributed by atoms with Gasteiger partial charge in [0.15, 0.2) is 0 Å². The summed E-state index contributed by atoms with van der Waals surface area (Å²) in [5, 5.41) is 6.38. The first-order valence-corrected chi connectivity index (χ1v) is 8.95. The van der Waals surface area contributed by atoms with E-state index < -0.39 is 6.04 Å². The van der Waals surface area contributed by atoms with Gasteiger partial charge in [0, 0.05) is 27.5 Å². The number of benzene rings is 2. The van der Waals surface area contributed by atoms with Crippen molar-refractivity contribution in [3.8, 4) is 5.75 Å². The third kappa shape index (κ3) is 6.43. The maximum atomic E-state index is 12.4. The van der Waals surface area contributed by atoms with E-state index in [0.717, 1.165) is 0 Å². The fraction of sp³-hybridized carbons (Fsp3) is 0.263. The van der Waals surface area contributed by atoms with Crippen LogP contribution < -0.4 is 15.4 Å². The average Bonchev–Trinajstić information content (AvgIpc) is 2.60. The molecule has 0 heterocycles. The van der Waals surface area contributed by atoms with Crippen LogP contribution in [0.5, 0.6) is 5.75 Å². The highest BCUT2D eigenvalue weighted by atomic mass is 35.5. The van der Waals surface area contributed by atoms with Crippen LogP contribution in [0.4, 0.5) is 11.4 Å². The molecule has 27 heavy (non-hydrogen) atoms. The number of nitrogens with one attached hydrogen (secondary N) is 2. The molecule has 2 aromatic rings. The molecule has 8 heteroatoms. The van der Waals surface area contributed by atoms with Gasteiger partial charge in [-0.1, -0.05) is 29.3 Å². The summed E-state index contributed by atoms with van der Waals surface area (Å²) >= 11 is 11.9.